The summed E-state index contributed by atoms with van der Waals surface area (Å²) in [7, 11) is 1.50. The summed E-state index contributed by atoms with van der Waals surface area (Å²) in [5.41, 5.74) is 2.88. The fraction of sp³-hybridized carbons (Fsp3) is 0.286. The number of amides is 2. The predicted molar refractivity (Wildman–Crippen MR) is 73.4 cm³/mol. The normalized spacial score (nSPS) is 17.9. The van der Waals surface area contributed by atoms with E-state index in [0.29, 0.717) is 6.42 Å². The van der Waals surface area contributed by atoms with Crippen molar-refractivity contribution in [3.05, 3.63) is 35.5 Å². The van der Waals surface area contributed by atoms with Crippen LogP contribution in [0.25, 0.3) is 10.9 Å². The van der Waals surface area contributed by atoms with E-state index in [2.05, 4.69) is 10.3 Å². The summed E-state index contributed by atoms with van der Waals surface area (Å²) in [4.78, 5) is 27.9. The first-order valence-corrected chi connectivity index (χ1v) is 6.41. The van der Waals surface area contributed by atoms with Gasteiger partial charge in [-0.1, -0.05) is 18.2 Å². The van der Waals surface area contributed by atoms with Crippen LogP contribution < -0.4 is 5.32 Å². The lowest BCUT2D eigenvalue weighted by Crippen LogP contribution is -2.51. The number of H-pyrrole nitrogens is 1. The summed E-state index contributed by atoms with van der Waals surface area (Å²) < 4.78 is 0. The van der Waals surface area contributed by atoms with Crippen molar-refractivity contribution in [2.24, 2.45) is 0 Å². The molecule has 0 bridgehead atoms. The molecule has 2 heterocycles. The average molecular weight is 273 g/mol. The molecule has 0 radical (unpaired) electrons. The molecule has 2 amide bonds. The minimum Gasteiger partial charge on any atom is -0.480 e. The number of carbonyl (C=O) groups excluding carboxylic acids is 1. The minimum absolute atomic E-state index is 0.278. The van der Waals surface area contributed by atoms with Crippen molar-refractivity contribution in [1.29, 1.82) is 0 Å². The number of carbonyl (C=O) groups is 2. The Morgan fingerprint density at radius 3 is 2.85 bits per heavy atom. The lowest BCUT2D eigenvalue weighted by molar-refractivity contribution is -0.142. The summed E-state index contributed by atoms with van der Waals surface area (Å²) in [6.07, 6.45) is 0.322. The lowest BCUT2D eigenvalue weighted by Gasteiger charge is -2.32. The summed E-state index contributed by atoms with van der Waals surface area (Å²) in [5, 5.41) is 12.9. The van der Waals surface area contributed by atoms with E-state index < -0.39 is 12.0 Å². The fourth-order valence-corrected chi connectivity index (χ4v) is 2.79. The molecular weight excluding hydrogens is 258 g/mol. The van der Waals surface area contributed by atoms with Crippen LogP contribution in [0.3, 0.4) is 0 Å². The Hall–Kier alpha value is -2.50. The van der Waals surface area contributed by atoms with Gasteiger partial charge in [-0.25, -0.2) is 9.59 Å². The second-order valence-corrected chi connectivity index (χ2v) is 4.87. The third kappa shape index (κ3) is 1.80. The van der Waals surface area contributed by atoms with Gasteiger partial charge in [0.05, 0.1) is 6.54 Å². The average Bonchev–Trinajstić information content (AvgIpc) is 2.82. The highest BCUT2D eigenvalue weighted by atomic mass is 16.4. The van der Waals surface area contributed by atoms with Crippen molar-refractivity contribution in [3.8, 4) is 0 Å². The number of aromatic amines is 1. The number of hydrogen-bond acceptors (Lipinski definition) is 2. The molecule has 1 atom stereocenters. The zero-order valence-electron chi connectivity index (χ0n) is 11.0. The number of carboxylic acids is 1. The molecule has 3 N–H and O–H groups in total. The van der Waals surface area contributed by atoms with Crippen LogP contribution in [0.15, 0.2) is 24.3 Å². The molecule has 0 aliphatic carbocycles. The van der Waals surface area contributed by atoms with E-state index in [0.717, 1.165) is 22.2 Å². The first-order valence-electron chi connectivity index (χ1n) is 6.41. The molecule has 0 saturated heterocycles. The molecule has 3 rings (SSSR count). The number of para-hydroxylation sites is 1. The monoisotopic (exact) mass is 273 g/mol. The lowest BCUT2D eigenvalue weighted by atomic mass is 9.97. The van der Waals surface area contributed by atoms with Gasteiger partial charge in [-0.2, -0.15) is 0 Å². The second-order valence-electron chi connectivity index (χ2n) is 4.87. The van der Waals surface area contributed by atoms with Crippen molar-refractivity contribution in [3.63, 3.8) is 0 Å². The van der Waals surface area contributed by atoms with Gasteiger partial charge in [0.2, 0.25) is 0 Å². The van der Waals surface area contributed by atoms with Gasteiger partial charge in [0, 0.05) is 30.1 Å². The number of aliphatic carboxylic acids is 1. The molecule has 1 aromatic heterocycles. The summed E-state index contributed by atoms with van der Waals surface area (Å²) in [6.45, 7) is 0.278. The smallest absolute Gasteiger partial charge is 0.326 e. The SMILES string of the molecule is CNC(=O)N1Cc2[nH]c3ccccc3c2CC1C(=O)O. The summed E-state index contributed by atoms with van der Waals surface area (Å²) in [5.74, 6) is -0.982. The van der Waals surface area contributed by atoms with E-state index in [-0.39, 0.29) is 12.6 Å². The van der Waals surface area contributed by atoms with E-state index >= 15 is 0 Å². The van der Waals surface area contributed by atoms with E-state index in [1.165, 1.54) is 11.9 Å². The molecule has 1 aliphatic rings. The molecule has 1 unspecified atom stereocenters. The third-order valence-corrected chi connectivity index (χ3v) is 3.76. The number of nitrogens with zero attached hydrogens (tertiary/aromatic N) is 1. The number of carboxylic acid groups (broad SMARTS) is 1. The fourth-order valence-electron chi connectivity index (χ4n) is 2.79. The molecule has 6 nitrogen and oxygen atoms in total. The quantitative estimate of drug-likeness (QED) is 0.732. The summed E-state index contributed by atoms with van der Waals surface area (Å²) >= 11 is 0. The predicted octanol–water partition coefficient (Wildman–Crippen LogP) is 1.32. The largest absolute Gasteiger partial charge is 0.480 e. The Labute approximate surface area is 115 Å². The molecule has 0 saturated carbocycles. The van der Waals surface area contributed by atoms with Crippen LogP contribution in [-0.2, 0) is 17.8 Å². The van der Waals surface area contributed by atoms with Crippen LogP contribution >= 0.6 is 0 Å². The number of rotatable bonds is 1. The van der Waals surface area contributed by atoms with Gasteiger partial charge in [-0.05, 0) is 11.6 Å². The highest BCUT2D eigenvalue weighted by Gasteiger charge is 2.35. The standard InChI is InChI=1S/C14H15N3O3/c1-15-14(20)17-7-11-9(6-12(17)13(18)19)8-4-2-3-5-10(8)16-11/h2-5,12,16H,6-7H2,1H3,(H,15,20)(H,18,19). The molecule has 20 heavy (non-hydrogen) atoms. The molecule has 0 spiro atoms. The number of benzene rings is 1. The van der Waals surface area contributed by atoms with Crippen LogP contribution in [0.4, 0.5) is 4.79 Å². The van der Waals surface area contributed by atoms with E-state index in [1.807, 2.05) is 24.3 Å². The van der Waals surface area contributed by atoms with Crippen LogP contribution in [-0.4, -0.2) is 40.1 Å². The van der Waals surface area contributed by atoms with Gasteiger partial charge in [0.25, 0.3) is 0 Å². The Morgan fingerprint density at radius 2 is 2.15 bits per heavy atom. The van der Waals surface area contributed by atoms with Crippen molar-refractivity contribution in [2.75, 3.05) is 7.05 Å². The number of urea groups is 1. The van der Waals surface area contributed by atoms with E-state index in [4.69, 9.17) is 0 Å². The van der Waals surface area contributed by atoms with E-state index in [9.17, 15) is 14.7 Å². The van der Waals surface area contributed by atoms with Crippen molar-refractivity contribution in [1.82, 2.24) is 15.2 Å². The minimum atomic E-state index is -0.982. The molecule has 1 aliphatic heterocycles. The molecule has 0 fully saturated rings. The van der Waals surface area contributed by atoms with Gasteiger partial charge < -0.3 is 20.3 Å². The second kappa shape index (κ2) is 4.56. The van der Waals surface area contributed by atoms with Gasteiger partial charge >= 0.3 is 12.0 Å². The molecule has 1 aromatic carbocycles. The third-order valence-electron chi connectivity index (χ3n) is 3.76. The van der Waals surface area contributed by atoms with Crippen molar-refractivity contribution >= 4 is 22.9 Å². The van der Waals surface area contributed by atoms with Gasteiger partial charge in [0.15, 0.2) is 0 Å². The highest BCUT2D eigenvalue weighted by Crippen LogP contribution is 2.30. The Bertz CT molecular complexity index is 692. The van der Waals surface area contributed by atoms with Crippen molar-refractivity contribution in [2.45, 2.75) is 19.0 Å². The number of nitrogens with one attached hydrogen (secondary N) is 2. The maximum Gasteiger partial charge on any atom is 0.326 e. The van der Waals surface area contributed by atoms with E-state index in [1.54, 1.807) is 0 Å². The van der Waals surface area contributed by atoms with Crippen LogP contribution in [0, 0.1) is 0 Å². The highest BCUT2D eigenvalue weighted by molar-refractivity contribution is 5.88. The topological polar surface area (TPSA) is 85.4 Å². The number of fused-ring (bicyclic) bond motifs is 3. The van der Waals surface area contributed by atoms with Crippen LogP contribution in [0.1, 0.15) is 11.3 Å². The Kier molecular flexibility index (Phi) is 2.85. The van der Waals surface area contributed by atoms with Crippen molar-refractivity contribution < 1.29 is 14.7 Å². The molecule has 6 heteroatoms. The molecular formula is C14H15N3O3. The maximum atomic E-state index is 11.8. The molecule has 2 aromatic rings. The van der Waals surface area contributed by atoms with Gasteiger partial charge in [-0.3, -0.25) is 0 Å². The maximum absolute atomic E-state index is 11.8. The van der Waals surface area contributed by atoms with Gasteiger partial charge in [0.1, 0.15) is 6.04 Å². The Balaban J connectivity index is 2.08. The first kappa shape index (κ1) is 12.5. The van der Waals surface area contributed by atoms with Gasteiger partial charge in [-0.15, -0.1) is 0 Å². The van der Waals surface area contributed by atoms with Crippen LogP contribution in [0.2, 0.25) is 0 Å². The zero-order valence-corrected chi connectivity index (χ0v) is 11.0. The molecule has 104 valence electrons. The Morgan fingerprint density at radius 1 is 1.40 bits per heavy atom. The number of hydrogen-bond donors (Lipinski definition) is 3. The van der Waals surface area contributed by atoms with Crippen LogP contribution in [0.5, 0.6) is 0 Å². The zero-order chi connectivity index (χ0) is 14.3. The first-order chi connectivity index (χ1) is 9.61. The summed E-state index contributed by atoms with van der Waals surface area (Å²) in [6, 6.07) is 6.57. The number of aromatic nitrogens is 1.